The number of nitrogens with zero attached hydrogens (tertiary/aromatic N) is 3. The summed E-state index contributed by atoms with van der Waals surface area (Å²) in [5.41, 5.74) is 2.04. The molecule has 0 amide bonds. The van der Waals surface area contributed by atoms with Gasteiger partial charge in [0.15, 0.2) is 0 Å². The molecule has 0 bridgehead atoms. The van der Waals surface area contributed by atoms with Crippen molar-refractivity contribution in [1.82, 2.24) is 19.1 Å². The van der Waals surface area contributed by atoms with Crippen molar-refractivity contribution in [3.05, 3.63) is 41.0 Å². The van der Waals surface area contributed by atoms with Gasteiger partial charge in [0, 0.05) is 0 Å². The van der Waals surface area contributed by atoms with Gasteiger partial charge >= 0.3 is 113 Å². The van der Waals surface area contributed by atoms with Crippen LogP contribution in [0, 0.1) is 4.32 Å². The number of nitrogens with one attached hydrogen (secondary N) is 1. The third kappa shape index (κ3) is 1.76. The number of benzene rings is 1. The molecule has 1 N–H and O–H groups in total. The van der Waals surface area contributed by atoms with Gasteiger partial charge in [-0.3, -0.25) is 0 Å². The summed E-state index contributed by atoms with van der Waals surface area (Å²) in [7, 11) is 0. The standard InChI is InChI=1S/C13H14N4Se/c1-9(2)16-7-8-17(13(16)18)12-14-10-5-3-4-6-11(10)15-12/h3-9H,1-2H3,(H,14,15). The Kier molecular flexibility index (Phi) is 2.73. The van der Waals surface area contributed by atoms with Crippen molar-refractivity contribution in [1.29, 1.82) is 0 Å². The van der Waals surface area contributed by atoms with Gasteiger partial charge in [-0.2, -0.15) is 0 Å². The molecule has 3 aromatic rings. The fourth-order valence-corrected chi connectivity index (χ4v) is 2.88. The topological polar surface area (TPSA) is 38.5 Å². The van der Waals surface area contributed by atoms with Crippen LogP contribution in [-0.4, -0.2) is 34.7 Å². The van der Waals surface area contributed by atoms with Crippen molar-refractivity contribution in [2.45, 2.75) is 19.9 Å². The van der Waals surface area contributed by atoms with E-state index in [2.05, 4.69) is 50.2 Å². The van der Waals surface area contributed by atoms with E-state index < -0.39 is 0 Å². The summed E-state index contributed by atoms with van der Waals surface area (Å²) in [6, 6.07) is 8.47. The molecule has 2 aromatic heterocycles. The van der Waals surface area contributed by atoms with Gasteiger partial charge < -0.3 is 0 Å². The predicted molar refractivity (Wildman–Crippen MR) is 72.8 cm³/mol. The molecule has 92 valence electrons. The van der Waals surface area contributed by atoms with Gasteiger partial charge in [0.2, 0.25) is 0 Å². The minimum atomic E-state index is 0.423. The molecule has 0 aliphatic heterocycles. The van der Waals surface area contributed by atoms with Gasteiger partial charge in [0.1, 0.15) is 0 Å². The first-order valence-electron chi connectivity index (χ1n) is 5.91. The molecule has 0 saturated carbocycles. The van der Waals surface area contributed by atoms with Gasteiger partial charge in [-0.25, -0.2) is 0 Å². The van der Waals surface area contributed by atoms with Crippen LogP contribution in [0.3, 0.4) is 0 Å². The first kappa shape index (κ1) is 11.5. The van der Waals surface area contributed by atoms with Crippen LogP contribution in [0.1, 0.15) is 19.9 Å². The molecule has 0 spiro atoms. The van der Waals surface area contributed by atoms with Crippen LogP contribution >= 0.6 is 0 Å². The maximum atomic E-state index is 4.59. The van der Waals surface area contributed by atoms with Crippen molar-refractivity contribution in [3.63, 3.8) is 0 Å². The molecule has 2 heterocycles. The molecular weight excluding hydrogens is 291 g/mol. The van der Waals surface area contributed by atoms with E-state index in [4.69, 9.17) is 0 Å². The summed E-state index contributed by atoms with van der Waals surface area (Å²) < 4.78 is 5.25. The van der Waals surface area contributed by atoms with Gasteiger partial charge in [-0.15, -0.1) is 0 Å². The van der Waals surface area contributed by atoms with Crippen molar-refractivity contribution >= 4 is 26.6 Å². The quantitative estimate of drug-likeness (QED) is 0.726. The van der Waals surface area contributed by atoms with E-state index in [-0.39, 0.29) is 0 Å². The number of hydrogen-bond donors (Lipinski definition) is 1. The van der Waals surface area contributed by atoms with Crippen LogP contribution in [0.4, 0.5) is 0 Å². The van der Waals surface area contributed by atoms with Crippen molar-refractivity contribution in [3.8, 4) is 5.95 Å². The molecule has 18 heavy (non-hydrogen) atoms. The average molecular weight is 305 g/mol. The van der Waals surface area contributed by atoms with E-state index in [0.717, 1.165) is 21.3 Å². The third-order valence-corrected chi connectivity index (χ3v) is 3.82. The summed E-state index contributed by atoms with van der Waals surface area (Å²) in [6.07, 6.45) is 4.08. The van der Waals surface area contributed by atoms with Crippen molar-refractivity contribution < 1.29 is 0 Å². The molecular formula is C13H14N4Se. The zero-order valence-corrected chi connectivity index (χ0v) is 12.0. The summed E-state index contributed by atoms with van der Waals surface area (Å²) in [5, 5.41) is 0. The molecule has 3 rings (SSSR count). The summed E-state index contributed by atoms with van der Waals surface area (Å²) in [5.74, 6) is 0.837. The Morgan fingerprint density at radius 3 is 2.67 bits per heavy atom. The summed E-state index contributed by atoms with van der Waals surface area (Å²) in [4.78, 5) is 7.91. The molecule has 0 aliphatic rings. The van der Waals surface area contributed by atoms with Gasteiger partial charge in [-0.05, 0) is 0 Å². The average Bonchev–Trinajstić information content (AvgIpc) is 2.91. The van der Waals surface area contributed by atoms with Crippen LogP contribution in [0.5, 0.6) is 0 Å². The second kappa shape index (κ2) is 4.26. The Morgan fingerprint density at radius 1 is 1.22 bits per heavy atom. The second-order valence-electron chi connectivity index (χ2n) is 4.53. The van der Waals surface area contributed by atoms with Crippen LogP contribution in [0.2, 0.25) is 0 Å². The predicted octanol–water partition coefficient (Wildman–Crippen LogP) is 2.44. The number of fused-ring (bicyclic) bond motifs is 1. The van der Waals surface area contributed by atoms with Crippen molar-refractivity contribution in [2.75, 3.05) is 0 Å². The number of aromatic amines is 1. The fourth-order valence-electron chi connectivity index (χ4n) is 2.00. The third-order valence-electron chi connectivity index (χ3n) is 2.96. The van der Waals surface area contributed by atoms with Gasteiger partial charge in [0.25, 0.3) is 0 Å². The van der Waals surface area contributed by atoms with Gasteiger partial charge in [0.05, 0.1) is 0 Å². The second-order valence-corrected chi connectivity index (χ2v) is 5.30. The Balaban J connectivity index is 2.17. The minimum absolute atomic E-state index is 0.423. The summed E-state index contributed by atoms with van der Waals surface area (Å²) >= 11 is 3.11. The molecule has 0 radical (unpaired) electrons. The number of para-hydroxylation sites is 2. The number of H-pyrrole nitrogens is 1. The van der Waals surface area contributed by atoms with E-state index in [0.29, 0.717) is 6.04 Å². The van der Waals surface area contributed by atoms with Crippen LogP contribution < -0.4 is 0 Å². The Bertz CT molecular complexity index is 715. The number of hydrogen-bond acceptors (Lipinski definition) is 1. The SMILES string of the molecule is CC(C)n1ccn(-c2nc3ccccc3[nH]2)c1=[Se]. The Hall–Kier alpha value is -1.58. The monoisotopic (exact) mass is 306 g/mol. The van der Waals surface area contributed by atoms with E-state index >= 15 is 0 Å². The molecule has 0 saturated heterocycles. The van der Waals surface area contributed by atoms with E-state index in [1.807, 2.05) is 35.0 Å². The molecule has 1 aromatic carbocycles. The van der Waals surface area contributed by atoms with Crippen molar-refractivity contribution in [2.24, 2.45) is 0 Å². The zero-order chi connectivity index (χ0) is 12.7. The molecule has 0 unspecified atom stereocenters. The van der Waals surface area contributed by atoms with Gasteiger partial charge in [-0.1, -0.05) is 0 Å². The molecule has 0 fully saturated rings. The first-order chi connectivity index (χ1) is 8.66. The van der Waals surface area contributed by atoms with E-state index in [1.165, 1.54) is 0 Å². The molecule has 4 nitrogen and oxygen atoms in total. The zero-order valence-electron chi connectivity index (χ0n) is 10.3. The van der Waals surface area contributed by atoms with Crippen LogP contribution in [0.15, 0.2) is 36.7 Å². The first-order valence-corrected chi connectivity index (χ1v) is 6.77. The number of rotatable bonds is 2. The molecule has 0 aliphatic carbocycles. The molecule has 5 heteroatoms. The summed E-state index contributed by atoms with van der Waals surface area (Å²) in [6.45, 7) is 4.31. The fraction of sp³-hybridized carbons (Fsp3) is 0.231. The van der Waals surface area contributed by atoms with E-state index in [9.17, 15) is 0 Å². The molecule has 0 atom stereocenters. The number of aromatic nitrogens is 4. The van der Waals surface area contributed by atoms with E-state index in [1.54, 1.807) is 0 Å². The Labute approximate surface area is 113 Å². The van der Waals surface area contributed by atoms with Crippen LogP contribution in [0.25, 0.3) is 17.0 Å². The normalized spacial score (nSPS) is 11.5. The van der Waals surface area contributed by atoms with Crippen LogP contribution in [-0.2, 0) is 0 Å². The number of imidazole rings is 2. The maximum absolute atomic E-state index is 4.59. The Morgan fingerprint density at radius 2 is 2.00 bits per heavy atom.